The summed E-state index contributed by atoms with van der Waals surface area (Å²) in [6.07, 6.45) is 1.59. The Balaban J connectivity index is 2.08. The van der Waals surface area contributed by atoms with E-state index in [1.807, 2.05) is 15.3 Å². The van der Waals surface area contributed by atoms with Crippen LogP contribution in [0.5, 0.6) is 5.75 Å². The maximum Gasteiger partial charge on any atom is 0.343 e. The number of methoxy groups -OCH3 is 1. The summed E-state index contributed by atoms with van der Waals surface area (Å²) < 4.78 is 8.57. The fourth-order valence-corrected chi connectivity index (χ4v) is 3.74. The van der Waals surface area contributed by atoms with Gasteiger partial charge in [-0.25, -0.2) is 4.79 Å². The van der Waals surface area contributed by atoms with Crippen LogP contribution in [0.15, 0.2) is 35.3 Å². The molecule has 7 nitrogen and oxygen atoms in total. The number of hydrogen-bond acceptors (Lipinski definition) is 5. The van der Waals surface area contributed by atoms with E-state index in [-0.39, 0.29) is 22.8 Å². The summed E-state index contributed by atoms with van der Waals surface area (Å²) in [6, 6.07) is 6.63. The summed E-state index contributed by atoms with van der Waals surface area (Å²) in [5.74, 6) is -0.550. The van der Waals surface area contributed by atoms with E-state index < -0.39 is 11.4 Å². The lowest BCUT2D eigenvalue weighted by molar-refractivity contribution is 0.0597. The molecule has 3 heterocycles. The first kappa shape index (κ1) is 17.3. The number of rotatable bonds is 1. The Labute approximate surface area is 155 Å². The Morgan fingerprint density at radius 2 is 2.07 bits per heavy atom. The second-order valence-electron chi connectivity index (χ2n) is 7.92. The van der Waals surface area contributed by atoms with E-state index in [0.29, 0.717) is 17.8 Å². The van der Waals surface area contributed by atoms with Crippen LogP contribution in [-0.4, -0.2) is 32.5 Å². The standard InChI is InChI=1S/C20H21N3O4/c1-20(2,3)16-10-23-18(11-6-5-7-14(24)17(11)21-23)13-8-15(25)12(9-22(13)16)19(26)27-4/h5-9,16,24H,10H2,1-4H3/t16-/m0/s1. The molecule has 7 heteroatoms. The van der Waals surface area contributed by atoms with Crippen molar-refractivity contribution in [2.24, 2.45) is 5.41 Å². The van der Waals surface area contributed by atoms with Crippen LogP contribution in [-0.2, 0) is 11.3 Å². The highest BCUT2D eigenvalue weighted by Crippen LogP contribution is 2.42. The molecule has 3 aromatic rings. The van der Waals surface area contributed by atoms with Crippen molar-refractivity contribution < 1.29 is 14.6 Å². The van der Waals surface area contributed by atoms with Gasteiger partial charge in [0, 0.05) is 17.6 Å². The summed E-state index contributed by atoms with van der Waals surface area (Å²) in [5, 5.41) is 15.5. The molecule has 0 amide bonds. The summed E-state index contributed by atoms with van der Waals surface area (Å²) in [5.41, 5.74) is 1.38. The molecule has 27 heavy (non-hydrogen) atoms. The molecular weight excluding hydrogens is 346 g/mol. The van der Waals surface area contributed by atoms with E-state index in [2.05, 4.69) is 25.9 Å². The molecule has 140 valence electrons. The lowest BCUT2D eigenvalue weighted by atomic mass is 9.85. The van der Waals surface area contributed by atoms with Crippen molar-refractivity contribution in [2.75, 3.05) is 7.11 Å². The summed E-state index contributed by atoms with van der Waals surface area (Å²) in [7, 11) is 1.26. The zero-order chi connectivity index (χ0) is 19.5. The number of hydrogen-bond donors (Lipinski definition) is 1. The minimum atomic E-state index is -0.649. The van der Waals surface area contributed by atoms with Crippen LogP contribution in [0.4, 0.5) is 0 Å². The van der Waals surface area contributed by atoms with Gasteiger partial charge in [-0.15, -0.1) is 0 Å². The highest BCUT2D eigenvalue weighted by atomic mass is 16.5. The Hall–Kier alpha value is -3.09. The van der Waals surface area contributed by atoms with Crippen molar-refractivity contribution in [1.29, 1.82) is 0 Å². The molecule has 1 atom stereocenters. The van der Waals surface area contributed by atoms with Crippen molar-refractivity contribution in [3.63, 3.8) is 0 Å². The number of carbonyl (C=O) groups is 1. The van der Waals surface area contributed by atoms with Gasteiger partial charge in [-0.05, 0) is 11.5 Å². The lowest BCUT2D eigenvalue weighted by Crippen LogP contribution is -2.35. The molecule has 0 fully saturated rings. The third kappa shape index (κ3) is 2.53. The van der Waals surface area contributed by atoms with Crippen LogP contribution >= 0.6 is 0 Å². The second-order valence-corrected chi connectivity index (χ2v) is 7.92. The first-order valence-corrected chi connectivity index (χ1v) is 8.75. The van der Waals surface area contributed by atoms with Crippen LogP contribution in [0.25, 0.3) is 22.3 Å². The molecule has 0 bridgehead atoms. The average molecular weight is 367 g/mol. The molecule has 1 N–H and O–H groups in total. The van der Waals surface area contributed by atoms with E-state index in [0.717, 1.165) is 11.1 Å². The third-order valence-corrected chi connectivity index (χ3v) is 5.16. The topological polar surface area (TPSA) is 86.3 Å². The van der Waals surface area contributed by atoms with E-state index in [1.165, 1.54) is 13.2 Å². The second kappa shape index (κ2) is 5.70. The van der Waals surface area contributed by atoms with Gasteiger partial charge in [0.25, 0.3) is 0 Å². The molecular formula is C20H21N3O4. The van der Waals surface area contributed by atoms with E-state index in [4.69, 9.17) is 4.74 Å². The van der Waals surface area contributed by atoms with E-state index in [1.54, 1.807) is 18.3 Å². The van der Waals surface area contributed by atoms with Gasteiger partial charge < -0.3 is 14.4 Å². The molecule has 1 aliphatic rings. The van der Waals surface area contributed by atoms with Crippen LogP contribution in [0.3, 0.4) is 0 Å². The van der Waals surface area contributed by atoms with Gasteiger partial charge in [-0.2, -0.15) is 5.10 Å². The number of pyridine rings is 1. The van der Waals surface area contributed by atoms with Gasteiger partial charge in [0.2, 0.25) is 0 Å². The molecule has 0 saturated heterocycles. The van der Waals surface area contributed by atoms with Crippen LogP contribution in [0, 0.1) is 5.41 Å². The Bertz CT molecular complexity index is 1130. The van der Waals surface area contributed by atoms with Crippen LogP contribution in [0.2, 0.25) is 0 Å². The minimum absolute atomic E-state index is 0.00983. The monoisotopic (exact) mass is 367 g/mol. The van der Waals surface area contributed by atoms with E-state index in [9.17, 15) is 14.7 Å². The number of aromatic nitrogens is 3. The molecule has 1 aliphatic heterocycles. The SMILES string of the molecule is COC(=O)c1cn2c(cc1=O)-c1c3cccc(O)c3nn1C[C@H]2C(C)(C)C. The number of aromatic hydroxyl groups is 1. The molecule has 0 aliphatic carbocycles. The maximum atomic E-state index is 12.6. The van der Waals surface area contributed by atoms with Gasteiger partial charge in [0.05, 0.1) is 31.1 Å². The minimum Gasteiger partial charge on any atom is -0.506 e. The Morgan fingerprint density at radius 1 is 1.33 bits per heavy atom. The third-order valence-electron chi connectivity index (χ3n) is 5.16. The maximum absolute atomic E-state index is 12.6. The fraction of sp³-hybridized carbons (Fsp3) is 0.350. The summed E-state index contributed by atoms with van der Waals surface area (Å²) in [6.45, 7) is 6.86. The fourth-order valence-electron chi connectivity index (χ4n) is 3.74. The van der Waals surface area contributed by atoms with Crippen LogP contribution in [0.1, 0.15) is 37.2 Å². The predicted octanol–water partition coefficient (Wildman–Crippen LogP) is 2.96. The number of fused-ring (bicyclic) bond motifs is 5. The molecule has 1 aromatic carbocycles. The van der Waals surface area contributed by atoms with Crippen molar-refractivity contribution >= 4 is 16.9 Å². The number of ether oxygens (including phenoxy) is 1. The zero-order valence-electron chi connectivity index (χ0n) is 15.7. The zero-order valence-corrected chi connectivity index (χ0v) is 15.7. The largest absolute Gasteiger partial charge is 0.506 e. The number of phenols is 1. The molecule has 0 unspecified atom stereocenters. The quantitative estimate of drug-likeness (QED) is 0.668. The summed E-state index contributed by atoms with van der Waals surface area (Å²) in [4.78, 5) is 24.6. The average Bonchev–Trinajstić information content (AvgIpc) is 2.99. The highest BCUT2D eigenvalue weighted by Gasteiger charge is 2.35. The van der Waals surface area contributed by atoms with Crippen LogP contribution < -0.4 is 5.43 Å². The Kier molecular flexibility index (Phi) is 3.66. The van der Waals surface area contributed by atoms with Gasteiger partial charge in [-0.3, -0.25) is 9.48 Å². The van der Waals surface area contributed by atoms with Crippen molar-refractivity contribution in [2.45, 2.75) is 33.4 Å². The van der Waals surface area contributed by atoms with Gasteiger partial charge in [0.1, 0.15) is 16.8 Å². The predicted molar refractivity (Wildman–Crippen MR) is 101 cm³/mol. The van der Waals surface area contributed by atoms with Gasteiger partial charge in [0.15, 0.2) is 5.43 Å². The normalized spacial score (nSPS) is 16.1. The van der Waals surface area contributed by atoms with Gasteiger partial charge >= 0.3 is 5.97 Å². The first-order valence-electron chi connectivity index (χ1n) is 8.75. The number of phenolic OH excluding ortho intramolecular Hbond substituents is 1. The Morgan fingerprint density at radius 3 is 2.74 bits per heavy atom. The number of carbonyl (C=O) groups excluding carboxylic acids is 1. The number of benzene rings is 1. The van der Waals surface area contributed by atoms with E-state index >= 15 is 0 Å². The molecule has 0 radical (unpaired) electrons. The first-order chi connectivity index (χ1) is 12.7. The number of esters is 1. The molecule has 2 aromatic heterocycles. The molecule has 4 rings (SSSR count). The molecule has 0 spiro atoms. The van der Waals surface area contributed by atoms with Crippen molar-refractivity contribution in [3.8, 4) is 17.1 Å². The smallest absolute Gasteiger partial charge is 0.343 e. The highest BCUT2D eigenvalue weighted by molar-refractivity contribution is 5.96. The van der Waals surface area contributed by atoms with Gasteiger partial charge in [-0.1, -0.05) is 32.9 Å². The number of nitrogens with zero attached hydrogens (tertiary/aromatic N) is 3. The van der Waals surface area contributed by atoms with Crippen molar-refractivity contribution in [1.82, 2.24) is 14.3 Å². The molecule has 0 saturated carbocycles. The van der Waals surface area contributed by atoms with Crippen molar-refractivity contribution in [3.05, 3.63) is 46.2 Å². The lowest BCUT2D eigenvalue weighted by Gasteiger charge is -2.38. The summed E-state index contributed by atoms with van der Waals surface area (Å²) >= 11 is 0.